The van der Waals surface area contributed by atoms with Crippen molar-refractivity contribution >= 4 is 34.6 Å². The van der Waals surface area contributed by atoms with Crippen molar-refractivity contribution in [3.63, 3.8) is 0 Å². The standard InChI is InChI=1S/C23H16ClN3S/c1-27-20(11-12-22(27)17-7-9-19(24)10-8-17)13-18(14-25)23-26-21(15-28-23)16-5-3-2-4-6-16/h2-13,15H,1H3. The van der Waals surface area contributed by atoms with Gasteiger partial charge < -0.3 is 4.57 Å². The van der Waals surface area contributed by atoms with Gasteiger partial charge >= 0.3 is 0 Å². The lowest BCUT2D eigenvalue weighted by Gasteiger charge is -2.06. The monoisotopic (exact) mass is 401 g/mol. The van der Waals surface area contributed by atoms with Crippen molar-refractivity contribution in [2.45, 2.75) is 0 Å². The van der Waals surface area contributed by atoms with Crippen LogP contribution >= 0.6 is 22.9 Å². The fraction of sp³-hybridized carbons (Fsp3) is 0.0435. The number of hydrogen-bond donors (Lipinski definition) is 0. The van der Waals surface area contributed by atoms with Gasteiger partial charge in [-0.3, -0.25) is 0 Å². The number of rotatable bonds is 4. The number of aromatic nitrogens is 2. The molecule has 136 valence electrons. The summed E-state index contributed by atoms with van der Waals surface area (Å²) in [5.74, 6) is 0. The van der Waals surface area contributed by atoms with Crippen molar-refractivity contribution in [3.8, 4) is 28.6 Å². The van der Waals surface area contributed by atoms with Crippen LogP contribution in [0.15, 0.2) is 72.1 Å². The fourth-order valence-corrected chi connectivity index (χ4v) is 3.93. The van der Waals surface area contributed by atoms with Crippen LogP contribution in [0.3, 0.4) is 0 Å². The van der Waals surface area contributed by atoms with E-state index < -0.39 is 0 Å². The van der Waals surface area contributed by atoms with E-state index in [4.69, 9.17) is 11.6 Å². The lowest BCUT2D eigenvalue weighted by atomic mass is 10.1. The molecule has 0 aliphatic rings. The molecule has 0 aliphatic heterocycles. The molecule has 0 amide bonds. The Morgan fingerprint density at radius 3 is 2.50 bits per heavy atom. The molecule has 2 heterocycles. The molecule has 0 N–H and O–H groups in total. The number of benzene rings is 2. The predicted molar refractivity (Wildman–Crippen MR) is 117 cm³/mol. The molecule has 4 rings (SSSR count). The molecule has 0 saturated carbocycles. The van der Waals surface area contributed by atoms with Crippen molar-refractivity contribution in [2.75, 3.05) is 0 Å². The first kappa shape index (κ1) is 18.2. The normalized spacial score (nSPS) is 11.4. The Balaban J connectivity index is 1.67. The summed E-state index contributed by atoms with van der Waals surface area (Å²) in [5.41, 5.74) is 5.56. The number of nitrogens with zero attached hydrogens (tertiary/aromatic N) is 3. The molecule has 0 atom stereocenters. The second-order valence-corrected chi connectivity index (χ2v) is 7.58. The van der Waals surface area contributed by atoms with E-state index >= 15 is 0 Å². The summed E-state index contributed by atoms with van der Waals surface area (Å²) in [6.45, 7) is 0. The third kappa shape index (κ3) is 3.63. The minimum atomic E-state index is 0.552. The van der Waals surface area contributed by atoms with Crippen LogP contribution in [-0.2, 0) is 7.05 Å². The van der Waals surface area contributed by atoms with Gasteiger partial charge in [-0.1, -0.05) is 54.1 Å². The van der Waals surface area contributed by atoms with E-state index in [1.807, 2.05) is 85.2 Å². The molecule has 28 heavy (non-hydrogen) atoms. The van der Waals surface area contributed by atoms with Gasteiger partial charge in [0.05, 0.1) is 11.3 Å². The molecule has 4 aromatic rings. The van der Waals surface area contributed by atoms with Gasteiger partial charge in [0, 0.05) is 34.4 Å². The summed E-state index contributed by atoms with van der Waals surface area (Å²) >= 11 is 7.47. The molecule has 0 aliphatic carbocycles. The van der Waals surface area contributed by atoms with Crippen LogP contribution < -0.4 is 0 Å². The maximum atomic E-state index is 9.69. The van der Waals surface area contributed by atoms with Crippen LogP contribution in [0, 0.1) is 11.3 Å². The van der Waals surface area contributed by atoms with Crippen LogP contribution in [0.2, 0.25) is 5.02 Å². The van der Waals surface area contributed by atoms with Crippen LogP contribution in [0.25, 0.3) is 34.2 Å². The van der Waals surface area contributed by atoms with Gasteiger partial charge in [0.25, 0.3) is 0 Å². The Labute approximate surface area is 172 Å². The quantitative estimate of drug-likeness (QED) is 0.364. The molecule has 0 saturated heterocycles. The van der Waals surface area contributed by atoms with Gasteiger partial charge in [0.1, 0.15) is 11.1 Å². The Bertz CT molecular complexity index is 1180. The largest absolute Gasteiger partial charge is 0.344 e. The van der Waals surface area contributed by atoms with Crippen LogP contribution in [0.1, 0.15) is 10.7 Å². The Morgan fingerprint density at radius 2 is 1.79 bits per heavy atom. The number of nitriles is 1. The maximum Gasteiger partial charge on any atom is 0.134 e. The van der Waals surface area contributed by atoms with Crippen molar-refractivity contribution in [1.82, 2.24) is 9.55 Å². The zero-order valence-corrected chi connectivity index (χ0v) is 16.7. The third-order valence-electron chi connectivity index (χ3n) is 4.52. The highest BCUT2D eigenvalue weighted by Gasteiger charge is 2.11. The van der Waals surface area contributed by atoms with Gasteiger partial charge in [-0.15, -0.1) is 11.3 Å². The van der Waals surface area contributed by atoms with Crippen molar-refractivity contribution < 1.29 is 0 Å². The van der Waals surface area contributed by atoms with Gasteiger partial charge in [0.15, 0.2) is 0 Å². The molecule has 0 fully saturated rings. The summed E-state index contributed by atoms with van der Waals surface area (Å²) in [4.78, 5) is 4.66. The van der Waals surface area contributed by atoms with Crippen molar-refractivity contribution in [1.29, 1.82) is 5.26 Å². The zero-order valence-electron chi connectivity index (χ0n) is 15.1. The molecular weight excluding hydrogens is 386 g/mol. The lowest BCUT2D eigenvalue weighted by Crippen LogP contribution is -1.94. The van der Waals surface area contributed by atoms with Crippen molar-refractivity contribution in [2.24, 2.45) is 7.05 Å². The molecule has 2 aromatic heterocycles. The summed E-state index contributed by atoms with van der Waals surface area (Å²) in [6.07, 6.45) is 1.88. The van der Waals surface area contributed by atoms with Gasteiger partial charge in [-0.25, -0.2) is 4.98 Å². The topological polar surface area (TPSA) is 41.6 Å². The second kappa shape index (κ2) is 7.85. The lowest BCUT2D eigenvalue weighted by molar-refractivity contribution is 0.924. The summed E-state index contributed by atoms with van der Waals surface area (Å²) in [6, 6.07) is 24.1. The molecule has 0 radical (unpaired) electrons. The van der Waals surface area contributed by atoms with Crippen LogP contribution in [0.5, 0.6) is 0 Å². The number of hydrogen-bond acceptors (Lipinski definition) is 3. The van der Waals surface area contributed by atoms with E-state index in [-0.39, 0.29) is 0 Å². The first-order chi connectivity index (χ1) is 13.7. The molecule has 3 nitrogen and oxygen atoms in total. The first-order valence-corrected chi connectivity index (χ1v) is 9.96. The molecular formula is C23H16ClN3S. The van der Waals surface area contributed by atoms with Crippen LogP contribution in [-0.4, -0.2) is 9.55 Å². The van der Waals surface area contributed by atoms with E-state index in [2.05, 4.69) is 15.6 Å². The number of thiazole rings is 1. The highest BCUT2D eigenvalue weighted by atomic mass is 35.5. The van der Waals surface area contributed by atoms with Crippen molar-refractivity contribution in [3.05, 3.63) is 87.8 Å². The Morgan fingerprint density at radius 1 is 1.04 bits per heavy atom. The molecule has 5 heteroatoms. The molecule has 0 unspecified atom stereocenters. The second-order valence-electron chi connectivity index (χ2n) is 6.28. The fourth-order valence-electron chi connectivity index (χ4n) is 3.01. The molecule has 0 spiro atoms. The minimum Gasteiger partial charge on any atom is -0.344 e. The molecule has 2 aromatic carbocycles. The summed E-state index contributed by atoms with van der Waals surface area (Å²) < 4.78 is 2.06. The predicted octanol–water partition coefficient (Wildman–Crippen LogP) is 6.53. The van der Waals surface area contributed by atoms with E-state index in [1.54, 1.807) is 0 Å². The van der Waals surface area contributed by atoms with Crippen LogP contribution in [0.4, 0.5) is 0 Å². The first-order valence-electron chi connectivity index (χ1n) is 8.70. The van der Waals surface area contributed by atoms with E-state index in [0.29, 0.717) is 10.6 Å². The third-order valence-corrected chi connectivity index (χ3v) is 5.64. The summed E-state index contributed by atoms with van der Waals surface area (Å²) in [5, 5.41) is 13.1. The van der Waals surface area contributed by atoms with E-state index in [0.717, 1.165) is 33.2 Å². The smallest absolute Gasteiger partial charge is 0.134 e. The Hall–Kier alpha value is -3.13. The minimum absolute atomic E-state index is 0.552. The average molecular weight is 402 g/mol. The van der Waals surface area contributed by atoms with Gasteiger partial charge in [-0.2, -0.15) is 5.26 Å². The van der Waals surface area contributed by atoms with Gasteiger partial charge in [-0.05, 0) is 35.9 Å². The summed E-state index contributed by atoms with van der Waals surface area (Å²) in [7, 11) is 1.99. The highest BCUT2D eigenvalue weighted by Crippen LogP contribution is 2.29. The van der Waals surface area contributed by atoms with E-state index in [9.17, 15) is 5.26 Å². The molecule has 0 bridgehead atoms. The average Bonchev–Trinajstić information content (AvgIpc) is 3.35. The Kier molecular flexibility index (Phi) is 5.12. The maximum absolute atomic E-state index is 9.69. The number of halogens is 1. The SMILES string of the molecule is Cn1c(C=C(C#N)c2nc(-c3ccccc3)cs2)ccc1-c1ccc(Cl)cc1. The van der Waals surface area contributed by atoms with E-state index in [1.165, 1.54) is 11.3 Å². The van der Waals surface area contributed by atoms with Gasteiger partial charge in [0.2, 0.25) is 0 Å². The zero-order chi connectivity index (χ0) is 19.5. The number of allylic oxidation sites excluding steroid dienone is 1. The highest BCUT2D eigenvalue weighted by molar-refractivity contribution is 7.11.